The molecule has 1 saturated carbocycles. The van der Waals surface area contributed by atoms with Crippen LogP contribution in [0.4, 0.5) is 0 Å². The van der Waals surface area contributed by atoms with Gasteiger partial charge in [-0.1, -0.05) is 0 Å². The molecule has 0 amide bonds. The molecule has 0 heterocycles. The predicted molar refractivity (Wildman–Crippen MR) is 49.2 cm³/mol. The summed E-state index contributed by atoms with van der Waals surface area (Å²) in [7, 11) is 0. The predicted octanol–water partition coefficient (Wildman–Crippen LogP) is 0.265. The monoisotopic (exact) mass is 192 g/mol. The van der Waals surface area contributed by atoms with E-state index in [0.717, 1.165) is 12.8 Å². The fourth-order valence-corrected chi connectivity index (χ4v) is 1.38. The first-order valence-electron chi connectivity index (χ1n) is 3.09. The van der Waals surface area contributed by atoms with Gasteiger partial charge in [-0.05, 0) is 18.8 Å². The van der Waals surface area contributed by atoms with Crippen LogP contribution < -0.4 is 0 Å². The van der Waals surface area contributed by atoms with Crippen LogP contribution in [-0.2, 0) is 4.79 Å². The molecule has 1 aliphatic rings. The summed E-state index contributed by atoms with van der Waals surface area (Å²) < 4.78 is 0. The summed E-state index contributed by atoms with van der Waals surface area (Å²) in [4.78, 5) is 10.4. The van der Waals surface area contributed by atoms with Crippen molar-refractivity contribution in [2.24, 2.45) is 11.8 Å². The van der Waals surface area contributed by atoms with Gasteiger partial charge in [0.2, 0.25) is 0 Å². The minimum atomic E-state index is -0.687. The second-order valence-electron chi connectivity index (χ2n) is 2.46. The third kappa shape index (κ3) is 5.19. The van der Waals surface area contributed by atoms with Gasteiger partial charge in [0.25, 0.3) is 0 Å². The molecule has 0 aromatic carbocycles. The van der Waals surface area contributed by atoms with Gasteiger partial charge in [-0.3, -0.25) is 4.79 Å². The summed E-state index contributed by atoms with van der Waals surface area (Å²) in [6.07, 6.45) is 2.16. The molecule has 0 spiro atoms. The number of hydrogen-bond acceptors (Lipinski definition) is 2. The van der Waals surface area contributed by atoms with Crippen LogP contribution in [0.1, 0.15) is 12.8 Å². The number of carbonyl (C=O) groups is 1. The molecule has 1 atom stereocenters. The molecule has 0 aromatic rings. The van der Waals surface area contributed by atoms with Crippen molar-refractivity contribution in [3.05, 3.63) is 0 Å². The SMILES string of the molecule is O=C(O)C(CS)C1CC1.[Na].[Na]. The van der Waals surface area contributed by atoms with Crippen LogP contribution in [-0.4, -0.2) is 75.9 Å². The Morgan fingerprint density at radius 2 is 2.00 bits per heavy atom. The molecule has 1 aliphatic carbocycles. The standard InChI is InChI=1S/C6H10O2S.2Na/c7-6(8)5(3-9)4-1-2-4;;/h4-5,9H,1-3H2,(H,7,8);;. The summed E-state index contributed by atoms with van der Waals surface area (Å²) in [6, 6.07) is 0. The Hall–Kier alpha value is 1.82. The Kier molecular flexibility index (Phi) is 10.1. The van der Waals surface area contributed by atoms with Crippen molar-refractivity contribution < 1.29 is 9.90 Å². The second kappa shape index (κ2) is 7.25. The molecule has 1 fully saturated rings. The maximum Gasteiger partial charge on any atom is 0.307 e. The van der Waals surface area contributed by atoms with Gasteiger partial charge in [0, 0.05) is 64.9 Å². The average molecular weight is 192 g/mol. The van der Waals surface area contributed by atoms with Crippen molar-refractivity contribution in [3.8, 4) is 0 Å². The van der Waals surface area contributed by atoms with E-state index in [1.807, 2.05) is 0 Å². The van der Waals surface area contributed by atoms with Crippen LogP contribution in [0.3, 0.4) is 0 Å². The molecular formula is C6H10Na2O2S. The van der Waals surface area contributed by atoms with Crippen molar-refractivity contribution in [2.75, 3.05) is 5.75 Å². The van der Waals surface area contributed by atoms with E-state index in [1.165, 1.54) is 0 Å². The molecule has 1 N–H and O–H groups in total. The first-order valence-corrected chi connectivity index (χ1v) is 3.72. The first kappa shape index (κ1) is 15.3. The van der Waals surface area contributed by atoms with E-state index >= 15 is 0 Å². The fraction of sp³-hybridized carbons (Fsp3) is 0.833. The van der Waals surface area contributed by atoms with E-state index in [0.29, 0.717) is 11.7 Å². The van der Waals surface area contributed by atoms with Gasteiger partial charge in [-0.2, -0.15) is 12.6 Å². The maximum atomic E-state index is 10.4. The van der Waals surface area contributed by atoms with Crippen molar-refractivity contribution in [3.63, 3.8) is 0 Å². The van der Waals surface area contributed by atoms with Gasteiger partial charge in [-0.15, -0.1) is 0 Å². The van der Waals surface area contributed by atoms with Crippen LogP contribution in [0.2, 0.25) is 0 Å². The maximum absolute atomic E-state index is 10.4. The molecule has 54 valence electrons. The van der Waals surface area contributed by atoms with Gasteiger partial charge in [0.15, 0.2) is 0 Å². The molecule has 1 rings (SSSR count). The topological polar surface area (TPSA) is 37.3 Å². The number of rotatable bonds is 3. The normalized spacial score (nSPS) is 17.5. The smallest absolute Gasteiger partial charge is 0.307 e. The van der Waals surface area contributed by atoms with E-state index in [1.54, 1.807) is 0 Å². The van der Waals surface area contributed by atoms with Crippen LogP contribution in [0, 0.1) is 11.8 Å². The molecule has 5 heteroatoms. The van der Waals surface area contributed by atoms with E-state index in [-0.39, 0.29) is 65.0 Å². The van der Waals surface area contributed by atoms with E-state index in [2.05, 4.69) is 12.6 Å². The zero-order valence-electron chi connectivity index (χ0n) is 7.08. The Labute approximate surface area is 116 Å². The third-order valence-corrected chi connectivity index (χ3v) is 2.10. The van der Waals surface area contributed by atoms with E-state index in [4.69, 9.17) is 5.11 Å². The quantitative estimate of drug-likeness (QED) is 0.497. The Morgan fingerprint density at radius 1 is 1.55 bits per heavy atom. The summed E-state index contributed by atoms with van der Waals surface area (Å²) in [6.45, 7) is 0. The van der Waals surface area contributed by atoms with Crippen LogP contribution in [0.25, 0.3) is 0 Å². The zero-order valence-corrected chi connectivity index (χ0v) is 12.0. The van der Waals surface area contributed by atoms with Crippen LogP contribution in [0.5, 0.6) is 0 Å². The van der Waals surface area contributed by atoms with Crippen molar-refractivity contribution >= 4 is 77.7 Å². The zero-order chi connectivity index (χ0) is 6.85. The van der Waals surface area contributed by atoms with Gasteiger partial charge in [0.1, 0.15) is 0 Å². The van der Waals surface area contributed by atoms with Gasteiger partial charge in [-0.25, -0.2) is 0 Å². The number of carboxylic acid groups (broad SMARTS) is 1. The molecule has 2 nitrogen and oxygen atoms in total. The summed E-state index contributed by atoms with van der Waals surface area (Å²) in [5, 5.41) is 8.53. The van der Waals surface area contributed by atoms with Crippen LogP contribution >= 0.6 is 12.6 Å². The minimum absolute atomic E-state index is 0. The average Bonchev–Trinajstić information content (AvgIpc) is 2.50. The first-order chi connectivity index (χ1) is 4.25. The number of hydrogen-bond donors (Lipinski definition) is 2. The second-order valence-corrected chi connectivity index (χ2v) is 2.83. The molecule has 2 radical (unpaired) electrons. The van der Waals surface area contributed by atoms with Crippen LogP contribution in [0.15, 0.2) is 0 Å². The van der Waals surface area contributed by atoms with Crippen molar-refractivity contribution in [1.29, 1.82) is 0 Å². The molecular weight excluding hydrogens is 182 g/mol. The summed E-state index contributed by atoms with van der Waals surface area (Å²) >= 11 is 3.95. The summed E-state index contributed by atoms with van der Waals surface area (Å²) in [5.41, 5.74) is 0. The van der Waals surface area contributed by atoms with E-state index in [9.17, 15) is 4.79 Å². The van der Waals surface area contributed by atoms with Crippen molar-refractivity contribution in [2.45, 2.75) is 12.8 Å². The van der Waals surface area contributed by atoms with Gasteiger partial charge < -0.3 is 5.11 Å². The minimum Gasteiger partial charge on any atom is -0.481 e. The number of aliphatic carboxylic acids is 1. The molecule has 0 aliphatic heterocycles. The molecule has 1 unspecified atom stereocenters. The summed E-state index contributed by atoms with van der Waals surface area (Å²) in [5.74, 6) is 0.0424. The fourth-order valence-electron chi connectivity index (χ4n) is 0.927. The Bertz CT molecular complexity index is 128. The molecule has 0 bridgehead atoms. The van der Waals surface area contributed by atoms with E-state index < -0.39 is 5.97 Å². The van der Waals surface area contributed by atoms with Gasteiger partial charge in [0.05, 0.1) is 5.92 Å². The molecule has 0 saturated heterocycles. The Balaban J connectivity index is 0. The Morgan fingerprint density at radius 3 is 2.09 bits per heavy atom. The molecule has 11 heavy (non-hydrogen) atoms. The number of carboxylic acids is 1. The largest absolute Gasteiger partial charge is 0.481 e. The number of thiol groups is 1. The van der Waals surface area contributed by atoms with Gasteiger partial charge >= 0.3 is 5.97 Å². The molecule has 0 aromatic heterocycles. The third-order valence-electron chi connectivity index (χ3n) is 1.70. The van der Waals surface area contributed by atoms with Crippen molar-refractivity contribution in [1.82, 2.24) is 0 Å².